The molecule has 2 aromatic rings. The van der Waals surface area contributed by atoms with Crippen LogP contribution in [-0.4, -0.2) is 23.1 Å². The van der Waals surface area contributed by atoms with Gasteiger partial charge in [0.15, 0.2) is 6.10 Å². The number of amides is 1. The summed E-state index contributed by atoms with van der Waals surface area (Å²) >= 11 is 5.57. The molecule has 1 amide bonds. The monoisotopic (exact) mass is 337 g/mol. The van der Waals surface area contributed by atoms with Gasteiger partial charge in [-0.15, -0.1) is 0 Å². The van der Waals surface area contributed by atoms with E-state index >= 15 is 0 Å². The fourth-order valence-corrected chi connectivity index (χ4v) is 1.87. The molecular formula is C16H13ClFNO4. The summed E-state index contributed by atoms with van der Waals surface area (Å²) in [6.07, 6.45) is -0.857. The van der Waals surface area contributed by atoms with Gasteiger partial charge in [0.25, 0.3) is 5.91 Å². The summed E-state index contributed by atoms with van der Waals surface area (Å²) in [5.74, 6) is -1.82. The number of rotatable bonds is 5. The SMILES string of the molecule is CC(Oc1ccc(C(=O)O)cc1)C(=O)Nc1ccc(Cl)c(F)c1. The highest BCUT2D eigenvalue weighted by Gasteiger charge is 2.16. The minimum absolute atomic E-state index is 0.0363. The number of carbonyl (C=O) groups excluding carboxylic acids is 1. The topological polar surface area (TPSA) is 75.6 Å². The van der Waals surface area contributed by atoms with E-state index < -0.39 is 23.8 Å². The highest BCUT2D eigenvalue weighted by Crippen LogP contribution is 2.19. The lowest BCUT2D eigenvalue weighted by Crippen LogP contribution is -2.30. The van der Waals surface area contributed by atoms with Gasteiger partial charge in [-0.25, -0.2) is 9.18 Å². The molecule has 2 N–H and O–H groups in total. The second-order valence-corrected chi connectivity index (χ2v) is 5.11. The minimum Gasteiger partial charge on any atom is -0.481 e. The summed E-state index contributed by atoms with van der Waals surface area (Å²) in [6.45, 7) is 1.52. The fourth-order valence-electron chi connectivity index (χ4n) is 1.75. The molecule has 7 heteroatoms. The summed E-state index contributed by atoms with van der Waals surface area (Å²) in [5.41, 5.74) is 0.375. The lowest BCUT2D eigenvalue weighted by molar-refractivity contribution is -0.122. The van der Waals surface area contributed by atoms with Gasteiger partial charge in [0.2, 0.25) is 0 Å². The number of carboxylic acids is 1. The number of carboxylic acid groups (broad SMARTS) is 1. The van der Waals surface area contributed by atoms with Gasteiger partial charge in [0.1, 0.15) is 11.6 Å². The van der Waals surface area contributed by atoms with Gasteiger partial charge in [-0.3, -0.25) is 4.79 Å². The average Bonchev–Trinajstić information content (AvgIpc) is 2.51. The molecule has 23 heavy (non-hydrogen) atoms. The molecule has 0 radical (unpaired) electrons. The number of hydrogen-bond acceptors (Lipinski definition) is 3. The van der Waals surface area contributed by atoms with E-state index in [0.29, 0.717) is 5.75 Å². The molecule has 2 rings (SSSR count). The normalized spacial score (nSPS) is 11.6. The second kappa shape index (κ2) is 7.11. The van der Waals surface area contributed by atoms with Crippen LogP contribution in [0.4, 0.5) is 10.1 Å². The van der Waals surface area contributed by atoms with E-state index in [1.54, 1.807) is 0 Å². The molecule has 120 valence electrons. The Balaban J connectivity index is 1.99. The van der Waals surface area contributed by atoms with Crippen molar-refractivity contribution in [1.29, 1.82) is 0 Å². The van der Waals surface area contributed by atoms with Crippen LogP contribution in [-0.2, 0) is 4.79 Å². The zero-order valence-corrected chi connectivity index (χ0v) is 12.8. The molecule has 1 unspecified atom stereocenters. The Morgan fingerprint density at radius 1 is 1.22 bits per heavy atom. The summed E-state index contributed by atoms with van der Waals surface area (Å²) in [5, 5.41) is 11.3. The molecule has 0 spiro atoms. The van der Waals surface area contributed by atoms with E-state index in [0.717, 1.165) is 6.07 Å². The Hall–Kier alpha value is -2.60. The van der Waals surface area contributed by atoms with Crippen LogP contribution in [0.2, 0.25) is 5.02 Å². The molecule has 1 atom stereocenters. The van der Waals surface area contributed by atoms with Gasteiger partial charge in [-0.05, 0) is 49.4 Å². The first kappa shape index (κ1) is 16.8. The third-order valence-corrected chi connectivity index (χ3v) is 3.28. The summed E-state index contributed by atoms with van der Waals surface area (Å²) in [4.78, 5) is 22.8. The maximum atomic E-state index is 13.3. The Morgan fingerprint density at radius 2 is 1.87 bits per heavy atom. The molecular weight excluding hydrogens is 325 g/mol. The van der Waals surface area contributed by atoms with Crippen LogP contribution in [0.3, 0.4) is 0 Å². The standard InChI is InChI=1S/C16H13ClFNO4/c1-9(23-12-5-2-10(3-6-12)16(21)22)15(20)19-11-4-7-13(17)14(18)8-11/h2-9H,1H3,(H,19,20)(H,21,22). The molecule has 0 fully saturated rings. The van der Waals surface area contributed by atoms with E-state index in [2.05, 4.69) is 5.32 Å². The van der Waals surface area contributed by atoms with Gasteiger partial charge in [-0.2, -0.15) is 0 Å². The maximum absolute atomic E-state index is 13.3. The minimum atomic E-state index is -1.05. The smallest absolute Gasteiger partial charge is 0.335 e. The van der Waals surface area contributed by atoms with Crippen molar-refractivity contribution < 1.29 is 23.8 Å². The Labute approximate surface area is 136 Å². The van der Waals surface area contributed by atoms with E-state index in [-0.39, 0.29) is 16.3 Å². The zero-order valence-electron chi connectivity index (χ0n) is 12.0. The van der Waals surface area contributed by atoms with Crippen molar-refractivity contribution in [2.45, 2.75) is 13.0 Å². The molecule has 0 bridgehead atoms. The fraction of sp³-hybridized carbons (Fsp3) is 0.125. The number of benzene rings is 2. The van der Waals surface area contributed by atoms with Crippen molar-refractivity contribution in [2.75, 3.05) is 5.32 Å². The summed E-state index contributed by atoms with van der Waals surface area (Å²) in [7, 11) is 0. The lowest BCUT2D eigenvalue weighted by Gasteiger charge is -2.15. The quantitative estimate of drug-likeness (QED) is 0.874. The van der Waals surface area contributed by atoms with Gasteiger partial charge in [-0.1, -0.05) is 11.6 Å². The molecule has 0 aliphatic rings. The maximum Gasteiger partial charge on any atom is 0.335 e. The van der Waals surface area contributed by atoms with Crippen molar-refractivity contribution in [3.8, 4) is 5.75 Å². The molecule has 0 aliphatic carbocycles. The van der Waals surface area contributed by atoms with Crippen LogP contribution in [0.1, 0.15) is 17.3 Å². The Bertz CT molecular complexity index is 733. The number of aromatic carboxylic acids is 1. The largest absolute Gasteiger partial charge is 0.481 e. The molecule has 0 saturated carbocycles. The first-order valence-electron chi connectivity index (χ1n) is 6.63. The molecule has 2 aromatic carbocycles. The van der Waals surface area contributed by atoms with Crippen LogP contribution in [0.25, 0.3) is 0 Å². The second-order valence-electron chi connectivity index (χ2n) is 4.71. The van der Waals surface area contributed by atoms with Crippen LogP contribution < -0.4 is 10.1 Å². The van der Waals surface area contributed by atoms with Crippen molar-refractivity contribution in [3.05, 3.63) is 58.9 Å². The van der Waals surface area contributed by atoms with E-state index in [4.69, 9.17) is 21.4 Å². The third kappa shape index (κ3) is 4.43. The van der Waals surface area contributed by atoms with Crippen molar-refractivity contribution in [2.24, 2.45) is 0 Å². The van der Waals surface area contributed by atoms with E-state index in [1.807, 2.05) is 0 Å². The van der Waals surface area contributed by atoms with Crippen molar-refractivity contribution in [3.63, 3.8) is 0 Å². The van der Waals surface area contributed by atoms with Gasteiger partial charge < -0.3 is 15.2 Å². The Kier molecular flexibility index (Phi) is 5.18. The average molecular weight is 338 g/mol. The summed E-state index contributed by atoms with van der Waals surface area (Å²) < 4.78 is 18.7. The molecule has 0 aromatic heterocycles. The highest BCUT2D eigenvalue weighted by molar-refractivity contribution is 6.30. The van der Waals surface area contributed by atoms with E-state index in [9.17, 15) is 14.0 Å². The molecule has 0 aliphatic heterocycles. The van der Waals surface area contributed by atoms with Crippen molar-refractivity contribution in [1.82, 2.24) is 0 Å². The number of ether oxygens (including phenoxy) is 1. The molecule has 0 heterocycles. The predicted molar refractivity (Wildman–Crippen MR) is 83.5 cm³/mol. The first-order chi connectivity index (χ1) is 10.9. The van der Waals surface area contributed by atoms with Crippen LogP contribution >= 0.6 is 11.6 Å². The van der Waals surface area contributed by atoms with E-state index in [1.165, 1.54) is 43.3 Å². The molecule has 5 nitrogen and oxygen atoms in total. The summed E-state index contributed by atoms with van der Waals surface area (Å²) in [6, 6.07) is 9.56. The Morgan fingerprint density at radius 3 is 2.43 bits per heavy atom. The van der Waals surface area contributed by atoms with Crippen LogP contribution in [0.5, 0.6) is 5.75 Å². The zero-order chi connectivity index (χ0) is 17.0. The first-order valence-corrected chi connectivity index (χ1v) is 7.00. The highest BCUT2D eigenvalue weighted by atomic mass is 35.5. The third-order valence-electron chi connectivity index (χ3n) is 2.97. The number of hydrogen-bond donors (Lipinski definition) is 2. The molecule has 0 saturated heterocycles. The van der Waals surface area contributed by atoms with Crippen LogP contribution in [0.15, 0.2) is 42.5 Å². The predicted octanol–water partition coefficient (Wildman–Crippen LogP) is 3.58. The number of halogens is 2. The number of anilines is 1. The van der Waals surface area contributed by atoms with Gasteiger partial charge in [0, 0.05) is 5.69 Å². The van der Waals surface area contributed by atoms with Crippen LogP contribution in [0, 0.1) is 5.82 Å². The number of nitrogens with one attached hydrogen (secondary N) is 1. The van der Waals surface area contributed by atoms with Crippen molar-refractivity contribution >= 4 is 29.2 Å². The van der Waals surface area contributed by atoms with Gasteiger partial charge >= 0.3 is 5.97 Å². The van der Waals surface area contributed by atoms with Gasteiger partial charge in [0.05, 0.1) is 10.6 Å². The lowest BCUT2D eigenvalue weighted by atomic mass is 10.2. The number of carbonyl (C=O) groups is 2.